The molecule has 0 bridgehead atoms. The summed E-state index contributed by atoms with van der Waals surface area (Å²) in [7, 11) is -4.34. The fraction of sp³-hybridized carbons (Fsp3) is 0.250. The van der Waals surface area contributed by atoms with Crippen LogP contribution < -0.4 is 4.72 Å². The van der Waals surface area contributed by atoms with Crippen molar-refractivity contribution in [2.75, 3.05) is 4.72 Å². The summed E-state index contributed by atoms with van der Waals surface area (Å²) < 4.78 is 69.3. The number of phenols is 1. The predicted molar refractivity (Wildman–Crippen MR) is 69.9 cm³/mol. The minimum Gasteiger partial charge on any atom is -0.508 e. The van der Waals surface area contributed by atoms with E-state index in [1.165, 1.54) is 13.8 Å². The van der Waals surface area contributed by atoms with Gasteiger partial charge in [-0.05, 0) is 26.0 Å². The topological polar surface area (TPSA) is 92.4 Å². The molecule has 1 heterocycles. The fourth-order valence-corrected chi connectivity index (χ4v) is 2.96. The second-order valence-corrected chi connectivity index (χ2v) is 6.20. The molecule has 0 fully saturated rings. The number of aromatic hydroxyl groups is 1. The molecular formula is C12H11F3N2O4S. The van der Waals surface area contributed by atoms with E-state index in [0.717, 1.165) is 6.07 Å². The highest BCUT2D eigenvalue weighted by molar-refractivity contribution is 7.92. The molecule has 0 aliphatic rings. The largest absolute Gasteiger partial charge is 0.508 e. The Kier molecular flexibility index (Phi) is 3.81. The zero-order valence-corrected chi connectivity index (χ0v) is 12.2. The summed E-state index contributed by atoms with van der Waals surface area (Å²) in [6.45, 7) is 2.92. The number of nitrogens with one attached hydrogen (secondary N) is 1. The number of benzene rings is 1. The van der Waals surface area contributed by atoms with Gasteiger partial charge in [0, 0.05) is 6.07 Å². The molecule has 22 heavy (non-hydrogen) atoms. The van der Waals surface area contributed by atoms with Crippen LogP contribution in [0.4, 0.5) is 18.9 Å². The van der Waals surface area contributed by atoms with Crippen molar-refractivity contribution in [1.82, 2.24) is 5.16 Å². The van der Waals surface area contributed by atoms with Crippen LogP contribution in [0.15, 0.2) is 27.6 Å². The van der Waals surface area contributed by atoms with Crippen molar-refractivity contribution in [1.29, 1.82) is 0 Å². The average molecular weight is 336 g/mol. The van der Waals surface area contributed by atoms with Crippen LogP contribution in [0.25, 0.3) is 0 Å². The SMILES string of the molecule is Cc1noc(C)c1NS(=O)(=O)c1cc(O)cc(C(F)(F)F)c1. The van der Waals surface area contributed by atoms with Gasteiger partial charge in [-0.2, -0.15) is 13.2 Å². The molecule has 2 N–H and O–H groups in total. The summed E-state index contributed by atoms with van der Waals surface area (Å²) >= 11 is 0. The summed E-state index contributed by atoms with van der Waals surface area (Å²) in [6.07, 6.45) is -4.79. The van der Waals surface area contributed by atoms with Crippen LogP contribution in [0.2, 0.25) is 0 Å². The number of rotatable bonds is 3. The molecule has 1 aromatic heterocycles. The molecule has 0 spiro atoms. The van der Waals surface area contributed by atoms with Gasteiger partial charge >= 0.3 is 6.18 Å². The highest BCUT2D eigenvalue weighted by Gasteiger charge is 2.33. The van der Waals surface area contributed by atoms with Gasteiger partial charge in [0.25, 0.3) is 10.0 Å². The van der Waals surface area contributed by atoms with Gasteiger partial charge in [0.15, 0.2) is 5.76 Å². The molecular weight excluding hydrogens is 325 g/mol. The van der Waals surface area contributed by atoms with Crippen molar-refractivity contribution in [2.45, 2.75) is 24.9 Å². The van der Waals surface area contributed by atoms with Gasteiger partial charge in [0.1, 0.15) is 17.1 Å². The lowest BCUT2D eigenvalue weighted by Crippen LogP contribution is -2.15. The van der Waals surface area contributed by atoms with Gasteiger partial charge in [0.2, 0.25) is 0 Å². The highest BCUT2D eigenvalue weighted by Crippen LogP contribution is 2.34. The van der Waals surface area contributed by atoms with E-state index in [9.17, 15) is 26.7 Å². The molecule has 0 saturated heterocycles. The third-order valence-electron chi connectivity index (χ3n) is 2.80. The molecule has 0 saturated carbocycles. The van der Waals surface area contributed by atoms with E-state index in [4.69, 9.17) is 4.52 Å². The first-order chi connectivity index (χ1) is 10.0. The van der Waals surface area contributed by atoms with Gasteiger partial charge < -0.3 is 9.63 Å². The number of nitrogens with zero attached hydrogens (tertiary/aromatic N) is 1. The first-order valence-corrected chi connectivity index (χ1v) is 7.36. The highest BCUT2D eigenvalue weighted by atomic mass is 32.2. The molecule has 0 radical (unpaired) electrons. The van der Waals surface area contributed by atoms with E-state index < -0.39 is 32.4 Å². The Morgan fingerprint density at radius 1 is 1.23 bits per heavy atom. The van der Waals surface area contributed by atoms with Crippen molar-refractivity contribution in [3.05, 3.63) is 35.2 Å². The Morgan fingerprint density at radius 2 is 1.86 bits per heavy atom. The molecule has 0 aliphatic carbocycles. The zero-order chi connectivity index (χ0) is 16.7. The van der Waals surface area contributed by atoms with E-state index >= 15 is 0 Å². The third kappa shape index (κ3) is 3.16. The normalized spacial score (nSPS) is 12.4. The van der Waals surface area contributed by atoms with Crippen LogP contribution in [0, 0.1) is 13.8 Å². The smallest absolute Gasteiger partial charge is 0.416 e. The fourth-order valence-electron chi connectivity index (χ4n) is 1.72. The maximum absolute atomic E-state index is 12.7. The Bertz CT molecular complexity index is 793. The van der Waals surface area contributed by atoms with Gasteiger partial charge in [-0.3, -0.25) is 4.72 Å². The number of halogens is 3. The number of phenolic OH excluding ortho intramolecular Hbond substituents is 1. The van der Waals surface area contributed by atoms with Crippen molar-refractivity contribution >= 4 is 15.7 Å². The molecule has 0 amide bonds. The van der Waals surface area contributed by atoms with Crippen molar-refractivity contribution < 1.29 is 31.2 Å². The molecule has 6 nitrogen and oxygen atoms in total. The van der Waals surface area contributed by atoms with E-state index in [-0.39, 0.29) is 17.1 Å². The number of hydrogen-bond donors (Lipinski definition) is 2. The van der Waals surface area contributed by atoms with Crippen LogP contribution >= 0.6 is 0 Å². The number of aryl methyl sites for hydroxylation is 2. The lowest BCUT2D eigenvalue weighted by Gasteiger charge is -2.11. The molecule has 2 aromatic rings. The molecule has 10 heteroatoms. The van der Waals surface area contributed by atoms with Crippen LogP contribution in [0.3, 0.4) is 0 Å². The quantitative estimate of drug-likeness (QED) is 0.899. The van der Waals surface area contributed by atoms with Crippen LogP contribution in [-0.2, 0) is 16.2 Å². The Morgan fingerprint density at radius 3 is 2.36 bits per heavy atom. The van der Waals surface area contributed by atoms with E-state index in [2.05, 4.69) is 9.88 Å². The van der Waals surface area contributed by atoms with E-state index in [1.54, 1.807) is 0 Å². The average Bonchev–Trinajstić information content (AvgIpc) is 2.68. The summed E-state index contributed by atoms with van der Waals surface area (Å²) in [5, 5.41) is 12.9. The zero-order valence-electron chi connectivity index (χ0n) is 11.4. The Labute approximate surface area is 123 Å². The summed E-state index contributed by atoms with van der Waals surface area (Å²) in [4.78, 5) is -0.722. The molecule has 0 aliphatic heterocycles. The Hall–Kier alpha value is -2.23. The summed E-state index contributed by atoms with van der Waals surface area (Å²) in [5.41, 5.74) is -0.999. The van der Waals surface area contributed by atoms with Gasteiger partial charge in [-0.15, -0.1) is 0 Å². The lowest BCUT2D eigenvalue weighted by atomic mass is 10.2. The summed E-state index contributed by atoms with van der Waals surface area (Å²) in [5.74, 6) is -0.647. The predicted octanol–water partition coefficient (Wildman–Crippen LogP) is 2.82. The van der Waals surface area contributed by atoms with Crippen molar-refractivity contribution in [3.8, 4) is 5.75 Å². The number of anilines is 1. The molecule has 0 unspecified atom stereocenters. The number of sulfonamides is 1. The molecule has 1 aromatic carbocycles. The second-order valence-electron chi connectivity index (χ2n) is 4.52. The Balaban J connectivity index is 2.48. The van der Waals surface area contributed by atoms with E-state index in [0.29, 0.717) is 12.1 Å². The van der Waals surface area contributed by atoms with Gasteiger partial charge in [0.05, 0.1) is 10.5 Å². The lowest BCUT2D eigenvalue weighted by molar-refractivity contribution is -0.137. The van der Waals surface area contributed by atoms with E-state index in [1.807, 2.05) is 0 Å². The summed E-state index contributed by atoms with van der Waals surface area (Å²) in [6, 6.07) is 1.59. The standard InChI is InChI=1S/C12H11F3N2O4S/c1-6-11(7(2)21-16-6)17-22(19,20)10-4-8(12(13,14)15)3-9(18)5-10/h3-5,17-18H,1-2H3. The van der Waals surface area contributed by atoms with Crippen LogP contribution in [0.5, 0.6) is 5.75 Å². The number of aromatic nitrogens is 1. The van der Waals surface area contributed by atoms with Crippen molar-refractivity contribution in [2.24, 2.45) is 0 Å². The second kappa shape index (κ2) is 5.20. The minimum absolute atomic E-state index is 0.0388. The minimum atomic E-state index is -4.79. The number of alkyl halides is 3. The van der Waals surface area contributed by atoms with Gasteiger partial charge in [-0.1, -0.05) is 5.16 Å². The maximum Gasteiger partial charge on any atom is 0.416 e. The third-order valence-corrected chi connectivity index (χ3v) is 4.13. The van der Waals surface area contributed by atoms with Gasteiger partial charge in [-0.25, -0.2) is 8.42 Å². The first kappa shape index (κ1) is 16.1. The molecule has 0 atom stereocenters. The monoisotopic (exact) mass is 336 g/mol. The maximum atomic E-state index is 12.7. The van der Waals surface area contributed by atoms with Crippen molar-refractivity contribution in [3.63, 3.8) is 0 Å². The number of hydrogen-bond acceptors (Lipinski definition) is 5. The van der Waals surface area contributed by atoms with Crippen LogP contribution in [0.1, 0.15) is 17.0 Å². The molecule has 120 valence electrons. The molecule has 2 rings (SSSR count). The first-order valence-electron chi connectivity index (χ1n) is 5.87. The van der Waals surface area contributed by atoms with Crippen LogP contribution in [-0.4, -0.2) is 18.7 Å².